The van der Waals surface area contributed by atoms with E-state index in [-0.39, 0.29) is 0 Å². The van der Waals surface area contributed by atoms with Gasteiger partial charge in [0.15, 0.2) is 0 Å². The normalized spacial score (nSPS) is 19.0. The summed E-state index contributed by atoms with van der Waals surface area (Å²) in [6, 6.07) is 7.99. The van der Waals surface area contributed by atoms with E-state index in [0.717, 1.165) is 30.6 Å². The Balaban J connectivity index is 1.94. The van der Waals surface area contributed by atoms with E-state index in [1.807, 2.05) is 36.4 Å². The van der Waals surface area contributed by atoms with Crippen LogP contribution in [0.4, 0.5) is 0 Å². The second-order valence-corrected chi connectivity index (χ2v) is 10.1. The van der Waals surface area contributed by atoms with Crippen LogP contribution in [0.1, 0.15) is 116 Å². The molecule has 1 aliphatic rings. The van der Waals surface area contributed by atoms with Crippen LogP contribution in [0.15, 0.2) is 48.6 Å². The lowest BCUT2D eigenvalue weighted by Crippen LogP contribution is -2.34. The second-order valence-electron chi connectivity index (χ2n) is 10.1. The predicted molar refractivity (Wildman–Crippen MR) is 147 cm³/mol. The Morgan fingerprint density at radius 1 is 0.750 bits per heavy atom. The SMILES string of the molecule is CCCCCCCCCCOC1(c2ccccc2OCCCCCCCCC)C=CC(C(=O)[O-])C=C1. The fourth-order valence-corrected chi connectivity index (χ4v) is 4.76. The third kappa shape index (κ3) is 10.9. The first kappa shape index (κ1) is 30.2. The maximum absolute atomic E-state index is 11.4. The highest BCUT2D eigenvalue weighted by Crippen LogP contribution is 2.39. The summed E-state index contributed by atoms with van der Waals surface area (Å²) in [7, 11) is 0. The van der Waals surface area contributed by atoms with Gasteiger partial charge in [0.25, 0.3) is 0 Å². The first-order valence-electron chi connectivity index (χ1n) is 14.6. The highest BCUT2D eigenvalue weighted by molar-refractivity contribution is 5.73. The zero-order valence-electron chi connectivity index (χ0n) is 22.8. The Morgan fingerprint density at radius 3 is 1.81 bits per heavy atom. The number of carbonyl (C=O) groups is 1. The standard InChI is InChI=1S/C32H50O4/c1-3-5-7-9-11-13-15-19-27-36-32(24-22-28(23-25-32)31(33)34)29-20-16-17-21-30(29)35-26-18-14-12-10-8-6-4-2/h16-17,20-25,28H,3-15,18-19,26-27H2,1-2H3,(H,33,34)/p-1. The monoisotopic (exact) mass is 497 g/mol. The maximum Gasteiger partial charge on any atom is 0.133 e. The van der Waals surface area contributed by atoms with Gasteiger partial charge in [0, 0.05) is 18.1 Å². The molecule has 0 unspecified atom stereocenters. The van der Waals surface area contributed by atoms with Crippen molar-refractivity contribution in [3.8, 4) is 5.75 Å². The summed E-state index contributed by atoms with van der Waals surface area (Å²) in [5.41, 5.74) is 0.112. The average Bonchev–Trinajstić information content (AvgIpc) is 2.89. The third-order valence-corrected chi connectivity index (χ3v) is 7.03. The smallest absolute Gasteiger partial charge is 0.133 e. The molecule has 0 aromatic heterocycles. The summed E-state index contributed by atoms with van der Waals surface area (Å²) in [6.07, 6.45) is 25.7. The van der Waals surface area contributed by atoms with Crippen molar-refractivity contribution in [1.29, 1.82) is 0 Å². The number of carboxylic acid groups (broad SMARTS) is 1. The molecule has 1 aromatic carbocycles. The molecule has 1 aliphatic carbocycles. The average molecular weight is 498 g/mol. The molecule has 202 valence electrons. The fourth-order valence-electron chi connectivity index (χ4n) is 4.76. The zero-order chi connectivity index (χ0) is 25.9. The molecule has 0 spiro atoms. The van der Waals surface area contributed by atoms with Gasteiger partial charge in [-0.1, -0.05) is 128 Å². The van der Waals surface area contributed by atoms with Gasteiger partial charge in [-0.25, -0.2) is 0 Å². The van der Waals surface area contributed by atoms with Gasteiger partial charge in [-0.05, 0) is 31.1 Å². The van der Waals surface area contributed by atoms with Gasteiger partial charge >= 0.3 is 0 Å². The molecule has 0 saturated carbocycles. The molecule has 0 bridgehead atoms. The molecule has 0 N–H and O–H groups in total. The van der Waals surface area contributed by atoms with Crippen molar-refractivity contribution in [1.82, 2.24) is 0 Å². The highest BCUT2D eigenvalue weighted by Gasteiger charge is 2.33. The summed E-state index contributed by atoms with van der Waals surface area (Å²) >= 11 is 0. The van der Waals surface area contributed by atoms with Gasteiger partial charge in [0.2, 0.25) is 0 Å². The number of rotatable bonds is 21. The lowest BCUT2D eigenvalue weighted by atomic mass is 9.85. The molecule has 0 saturated heterocycles. The molecule has 1 aromatic rings. The number of carboxylic acids is 1. The van der Waals surface area contributed by atoms with Gasteiger partial charge in [-0.3, -0.25) is 0 Å². The van der Waals surface area contributed by atoms with Crippen molar-refractivity contribution in [2.24, 2.45) is 5.92 Å². The molecule has 0 radical (unpaired) electrons. The number of carbonyl (C=O) groups excluding carboxylic acids is 1. The molecule has 2 rings (SSSR count). The minimum atomic E-state index is -1.09. The zero-order valence-corrected chi connectivity index (χ0v) is 22.8. The summed E-state index contributed by atoms with van der Waals surface area (Å²) < 4.78 is 12.7. The minimum absolute atomic E-state index is 0.617. The van der Waals surface area contributed by atoms with E-state index in [0.29, 0.717) is 13.2 Å². The van der Waals surface area contributed by atoms with Crippen LogP contribution in [-0.4, -0.2) is 19.2 Å². The van der Waals surface area contributed by atoms with Gasteiger partial charge < -0.3 is 19.4 Å². The quantitative estimate of drug-likeness (QED) is 0.129. The number of para-hydroxylation sites is 1. The van der Waals surface area contributed by atoms with Gasteiger partial charge in [0.1, 0.15) is 11.4 Å². The third-order valence-electron chi connectivity index (χ3n) is 7.03. The van der Waals surface area contributed by atoms with Crippen LogP contribution in [0.2, 0.25) is 0 Å². The predicted octanol–water partition coefficient (Wildman–Crippen LogP) is 7.66. The lowest BCUT2D eigenvalue weighted by molar-refractivity contribution is -0.308. The number of ether oxygens (including phenoxy) is 2. The molecule has 0 amide bonds. The number of hydrogen-bond donors (Lipinski definition) is 0. The molecule has 0 atom stereocenters. The van der Waals surface area contributed by atoms with E-state index in [2.05, 4.69) is 13.8 Å². The fraction of sp³-hybridized carbons (Fsp3) is 0.656. The van der Waals surface area contributed by atoms with Gasteiger partial charge in [0.05, 0.1) is 12.6 Å². The van der Waals surface area contributed by atoms with E-state index < -0.39 is 17.5 Å². The largest absolute Gasteiger partial charge is 0.549 e. The van der Waals surface area contributed by atoms with Crippen LogP contribution in [0.3, 0.4) is 0 Å². The summed E-state index contributed by atoms with van der Waals surface area (Å²) in [5.74, 6) is -1.02. The van der Waals surface area contributed by atoms with Crippen LogP contribution in [-0.2, 0) is 15.1 Å². The Bertz CT molecular complexity index is 768. The van der Waals surface area contributed by atoms with Crippen LogP contribution in [0, 0.1) is 5.92 Å². The maximum atomic E-state index is 11.4. The molecule has 0 heterocycles. The van der Waals surface area contributed by atoms with Crippen LogP contribution < -0.4 is 9.84 Å². The number of hydrogen-bond acceptors (Lipinski definition) is 4. The summed E-state index contributed by atoms with van der Waals surface area (Å²) in [6.45, 7) is 5.78. The molecule has 0 aliphatic heterocycles. The Kier molecular flexibility index (Phi) is 15.3. The van der Waals surface area contributed by atoms with Crippen LogP contribution >= 0.6 is 0 Å². The van der Waals surface area contributed by atoms with Crippen molar-refractivity contribution >= 4 is 5.97 Å². The first-order valence-corrected chi connectivity index (χ1v) is 14.6. The van der Waals surface area contributed by atoms with Crippen molar-refractivity contribution < 1.29 is 19.4 Å². The summed E-state index contributed by atoms with van der Waals surface area (Å²) in [5, 5.41) is 11.4. The van der Waals surface area contributed by atoms with E-state index in [1.165, 1.54) is 77.0 Å². The van der Waals surface area contributed by atoms with E-state index in [9.17, 15) is 9.90 Å². The minimum Gasteiger partial charge on any atom is -0.549 e. The van der Waals surface area contributed by atoms with Crippen LogP contribution in [0.5, 0.6) is 5.75 Å². The molecular weight excluding hydrogens is 448 g/mol. The van der Waals surface area contributed by atoms with Gasteiger partial charge in [-0.2, -0.15) is 0 Å². The van der Waals surface area contributed by atoms with E-state index in [4.69, 9.17) is 9.47 Å². The van der Waals surface area contributed by atoms with Crippen molar-refractivity contribution in [3.05, 3.63) is 54.1 Å². The second kappa shape index (κ2) is 18.2. The van der Waals surface area contributed by atoms with Crippen LogP contribution in [0.25, 0.3) is 0 Å². The Morgan fingerprint density at radius 2 is 1.25 bits per heavy atom. The number of benzene rings is 1. The van der Waals surface area contributed by atoms with Crippen molar-refractivity contribution in [3.63, 3.8) is 0 Å². The molecule has 4 heteroatoms. The van der Waals surface area contributed by atoms with E-state index in [1.54, 1.807) is 12.2 Å². The Labute approximate surface area is 220 Å². The number of aliphatic carboxylic acids is 1. The molecule has 4 nitrogen and oxygen atoms in total. The number of unbranched alkanes of at least 4 members (excludes halogenated alkanes) is 13. The van der Waals surface area contributed by atoms with E-state index >= 15 is 0 Å². The Hall–Kier alpha value is -2.07. The molecule has 36 heavy (non-hydrogen) atoms. The molecule has 0 fully saturated rings. The van der Waals surface area contributed by atoms with Crippen molar-refractivity contribution in [2.75, 3.05) is 13.2 Å². The molecular formula is C32H49O4-. The van der Waals surface area contributed by atoms with Crippen molar-refractivity contribution in [2.45, 2.75) is 116 Å². The summed E-state index contributed by atoms with van der Waals surface area (Å²) in [4.78, 5) is 11.4. The lowest BCUT2D eigenvalue weighted by Gasteiger charge is -2.33. The first-order chi connectivity index (χ1) is 17.6. The topological polar surface area (TPSA) is 58.6 Å². The highest BCUT2D eigenvalue weighted by atomic mass is 16.5. The van der Waals surface area contributed by atoms with Gasteiger partial charge in [-0.15, -0.1) is 0 Å².